The topological polar surface area (TPSA) is 56.8 Å². The van der Waals surface area contributed by atoms with Crippen LogP contribution in [-0.2, 0) is 9.53 Å². The maximum Gasteiger partial charge on any atom is 0.310 e. The number of carbonyl (C=O) groups excluding carboxylic acids is 1. The van der Waals surface area contributed by atoms with E-state index in [1.54, 1.807) is 21.1 Å². The molecule has 0 amide bonds. The van der Waals surface area contributed by atoms with Crippen LogP contribution in [-0.4, -0.2) is 33.8 Å². The third kappa shape index (κ3) is 3.55. The van der Waals surface area contributed by atoms with Crippen LogP contribution in [0.2, 0.25) is 0 Å². The molecule has 1 atom stereocenters. The highest BCUT2D eigenvalue weighted by Gasteiger charge is 2.13. The second kappa shape index (κ2) is 6.74. The number of ether oxygens (including phenoxy) is 3. The second-order valence-electron chi connectivity index (χ2n) is 3.87. The SMILES string of the molecule is COC(=O)C(C)CNc1ccc(OC)c(OC)c1. The van der Waals surface area contributed by atoms with Gasteiger partial charge in [0.05, 0.1) is 27.2 Å². The van der Waals surface area contributed by atoms with E-state index in [0.717, 1.165) is 5.69 Å². The summed E-state index contributed by atoms with van der Waals surface area (Å²) in [4.78, 5) is 11.2. The smallest absolute Gasteiger partial charge is 0.310 e. The molecule has 0 heterocycles. The first kappa shape index (κ1) is 14.2. The predicted octanol–water partition coefficient (Wildman–Crippen LogP) is 1.92. The number of hydrogen-bond acceptors (Lipinski definition) is 5. The zero-order valence-corrected chi connectivity index (χ0v) is 11.1. The molecule has 1 aromatic rings. The van der Waals surface area contributed by atoms with Gasteiger partial charge in [-0.25, -0.2) is 0 Å². The highest BCUT2D eigenvalue weighted by Crippen LogP contribution is 2.29. The Hall–Kier alpha value is -1.91. The molecule has 0 bridgehead atoms. The molecule has 100 valence electrons. The average Bonchev–Trinajstić information content (AvgIpc) is 2.43. The first-order valence-corrected chi connectivity index (χ1v) is 5.66. The standard InChI is InChI=1S/C13H19NO4/c1-9(13(15)18-4)8-14-10-5-6-11(16-2)12(7-10)17-3/h5-7,9,14H,8H2,1-4H3. The van der Waals surface area contributed by atoms with Gasteiger partial charge < -0.3 is 19.5 Å². The summed E-state index contributed by atoms with van der Waals surface area (Å²) in [6, 6.07) is 5.50. The summed E-state index contributed by atoms with van der Waals surface area (Å²) in [6.07, 6.45) is 0. The fourth-order valence-corrected chi connectivity index (χ4v) is 1.50. The number of esters is 1. The highest BCUT2D eigenvalue weighted by molar-refractivity contribution is 5.72. The lowest BCUT2D eigenvalue weighted by Crippen LogP contribution is -2.21. The number of carbonyl (C=O) groups is 1. The molecule has 5 heteroatoms. The van der Waals surface area contributed by atoms with E-state index < -0.39 is 0 Å². The molecule has 0 aliphatic heterocycles. The van der Waals surface area contributed by atoms with E-state index in [-0.39, 0.29) is 11.9 Å². The van der Waals surface area contributed by atoms with Crippen LogP contribution in [0.3, 0.4) is 0 Å². The first-order valence-electron chi connectivity index (χ1n) is 5.66. The molecule has 18 heavy (non-hydrogen) atoms. The van der Waals surface area contributed by atoms with Gasteiger partial charge in [0, 0.05) is 18.3 Å². The Bertz CT molecular complexity index is 406. The fourth-order valence-electron chi connectivity index (χ4n) is 1.50. The third-order valence-corrected chi connectivity index (χ3v) is 2.60. The Morgan fingerprint density at radius 3 is 2.44 bits per heavy atom. The minimum atomic E-state index is -0.233. The number of benzene rings is 1. The quantitative estimate of drug-likeness (QED) is 0.785. The molecule has 1 N–H and O–H groups in total. The molecule has 0 saturated heterocycles. The van der Waals surface area contributed by atoms with Crippen LogP contribution in [0.1, 0.15) is 6.92 Å². The molecule has 0 fully saturated rings. The first-order chi connectivity index (χ1) is 8.62. The Morgan fingerprint density at radius 2 is 1.89 bits per heavy atom. The van der Waals surface area contributed by atoms with E-state index in [1.165, 1.54) is 7.11 Å². The molecule has 0 saturated carbocycles. The van der Waals surface area contributed by atoms with Crippen LogP contribution in [0.25, 0.3) is 0 Å². The van der Waals surface area contributed by atoms with Gasteiger partial charge in [-0.1, -0.05) is 6.92 Å². The summed E-state index contributed by atoms with van der Waals surface area (Å²) < 4.78 is 15.0. The number of methoxy groups -OCH3 is 3. The lowest BCUT2D eigenvalue weighted by atomic mass is 10.2. The molecule has 1 rings (SSSR count). The van der Waals surface area contributed by atoms with Gasteiger partial charge in [0.25, 0.3) is 0 Å². The van der Waals surface area contributed by atoms with Gasteiger partial charge >= 0.3 is 5.97 Å². The van der Waals surface area contributed by atoms with E-state index in [9.17, 15) is 4.79 Å². The van der Waals surface area contributed by atoms with Gasteiger partial charge in [-0.2, -0.15) is 0 Å². The number of nitrogens with one attached hydrogen (secondary N) is 1. The van der Waals surface area contributed by atoms with Gasteiger partial charge in [-0.05, 0) is 12.1 Å². The maximum absolute atomic E-state index is 11.2. The molecule has 1 unspecified atom stereocenters. The number of rotatable bonds is 6. The molecular formula is C13H19NO4. The summed E-state index contributed by atoms with van der Waals surface area (Å²) in [5, 5.41) is 3.15. The van der Waals surface area contributed by atoms with E-state index in [2.05, 4.69) is 10.1 Å². The van der Waals surface area contributed by atoms with Gasteiger partial charge in [-0.15, -0.1) is 0 Å². The van der Waals surface area contributed by atoms with Crippen molar-refractivity contribution in [2.45, 2.75) is 6.92 Å². The van der Waals surface area contributed by atoms with E-state index in [4.69, 9.17) is 9.47 Å². The molecule has 0 aliphatic carbocycles. The molecule has 0 radical (unpaired) electrons. The zero-order chi connectivity index (χ0) is 13.5. The Labute approximate surface area is 107 Å². The van der Waals surface area contributed by atoms with Crippen LogP contribution >= 0.6 is 0 Å². The van der Waals surface area contributed by atoms with Crippen LogP contribution in [0.15, 0.2) is 18.2 Å². The van der Waals surface area contributed by atoms with Crippen molar-refractivity contribution in [1.29, 1.82) is 0 Å². The van der Waals surface area contributed by atoms with Crippen LogP contribution in [0.4, 0.5) is 5.69 Å². The molecule has 5 nitrogen and oxygen atoms in total. The molecule has 0 aliphatic rings. The Balaban J connectivity index is 2.65. The minimum absolute atomic E-state index is 0.205. The van der Waals surface area contributed by atoms with Gasteiger partial charge in [0.15, 0.2) is 11.5 Å². The second-order valence-corrected chi connectivity index (χ2v) is 3.87. The lowest BCUT2D eigenvalue weighted by Gasteiger charge is -2.13. The van der Waals surface area contributed by atoms with E-state index in [1.807, 2.05) is 18.2 Å². The third-order valence-electron chi connectivity index (χ3n) is 2.60. The summed E-state index contributed by atoms with van der Waals surface area (Å²) >= 11 is 0. The van der Waals surface area contributed by atoms with Crippen molar-refractivity contribution in [3.05, 3.63) is 18.2 Å². The average molecular weight is 253 g/mol. The maximum atomic E-state index is 11.2. The fraction of sp³-hybridized carbons (Fsp3) is 0.462. The van der Waals surface area contributed by atoms with E-state index >= 15 is 0 Å². The van der Waals surface area contributed by atoms with Gasteiger partial charge in [0.1, 0.15) is 0 Å². The van der Waals surface area contributed by atoms with Crippen LogP contribution in [0.5, 0.6) is 11.5 Å². The molecule has 1 aromatic carbocycles. The van der Waals surface area contributed by atoms with Crippen LogP contribution < -0.4 is 14.8 Å². The summed E-state index contributed by atoms with van der Waals surface area (Å²) in [5.41, 5.74) is 0.864. The zero-order valence-electron chi connectivity index (χ0n) is 11.1. The van der Waals surface area contributed by atoms with Crippen molar-refractivity contribution in [3.8, 4) is 11.5 Å². The molecule has 0 spiro atoms. The van der Waals surface area contributed by atoms with Crippen molar-refractivity contribution in [2.24, 2.45) is 5.92 Å². The monoisotopic (exact) mass is 253 g/mol. The van der Waals surface area contributed by atoms with Crippen molar-refractivity contribution < 1.29 is 19.0 Å². The normalized spacial score (nSPS) is 11.6. The molecule has 0 aromatic heterocycles. The Morgan fingerprint density at radius 1 is 1.22 bits per heavy atom. The Kier molecular flexibility index (Phi) is 5.30. The van der Waals surface area contributed by atoms with Crippen molar-refractivity contribution in [3.63, 3.8) is 0 Å². The van der Waals surface area contributed by atoms with Crippen LogP contribution in [0, 0.1) is 5.92 Å². The van der Waals surface area contributed by atoms with Gasteiger partial charge in [0.2, 0.25) is 0 Å². The van der Waals surface area contributed by atoms with Crippen molar-refractivity contribution >= 4 is 11.7 Å². The summed E-state index contributed by atoms with van der Waals surface area (Å²) in [6.45, 7) is 2.31. The number of anilines is 1. The molecular weight excluding hydrogens is 234 g/mol. The van der Waals surface area contributed by atoms with Crippen molar-refractivity contribution in [2.75, 3.05) is 33.2 Å². The lowest BCUT2D eigenvalue weighted by molar-refractivity contribution is -0.144. The van der Waals surface area contributed by atoms with Crippen molar-refractivity contribution in [1.82, 2.24) is 0 Å². The largest absolute Gasteiger partial charge is 0.493 e. The van der Waals surface area contributed by atoms with E-state index in [0.29, 0.717) is 18.0 Å². The summed E-state index contributed by atoms with van der Waals surface area (Å²) in [5.74, 6) is 0.878. The summed E-state index contributed by atoms with van der Waals surface area (Å²) in [7, 11) is 4.55. The van der Waals surface area contributed by atoms with Gasteiger partial charge in [-0.3, -0.25) is 4.79 Å². The highest BCUT2D eigenvalue weighted by atomic mass is 16.5. The number of hydrogen-bond donors (Lipinski definition) is 1. The predicted molar refractivity (Wildman–Crippen MR) is 69.2 cm³/mol. The minimum Gasteiger partial charge on any atom is -0.493 e.